The molecule has 1 aromatic carbocycles. The van der Waals surface area contributed by atoms with Crippen LogP contribution in [0.2, 0.25) is 0 Å². The maximum absolute atomic E-state index is 13.7. The summed E-state index contributed by atoms with van der Waals surface area (Å²) in [6, 6.07) is 10.6. The van der Waals surface area contributed by atoms with Crippen LogP contribution in [0.4, 0.5) is 14.5 Å². The molecule has 0 aliphatic rings. The number of hydrogen-bond donors (Lipinski definition) is 2. The van der Waals surface area contributed by atoms with Gasteiger partial charge in [-0.05, 0) is 42.0 Å². The van der Waals surface area contributed by atoms with Crippen LogP contribution in [-0.4, -0.2) is 21.8 Å². The van der Waals surface area contributed by atoms with E-state index in [4.69, 9.17) is 0 Å². The van der Waals surface area contributed by atoms with E-state index in [1.807, 2.05) is 0 Å². The first-order chi connectivity index (χ1) is 13.0. The van der Waals surface area contributed by atoms with E-state index in [1.54, 1.807) is 24.5 Å². The van der Waals surface area contributed by atoms with Crippen molar-refractivity contribution in [2.45, 2.75) is 6.54 Å². The lowest BCUT2D eigenvalue weighted by atomic mass is 10.2. The number of pyridine rings is 2. The van der Waals surface area contributed by atoms with Gasteiger partial charge >= 0.3 is 0 Å². The van der Waals surface area contributed by atoms with Crippen molar-refractivity contribution < 1.29 is 18.4 Å². The Kier molecular flexibility index (Phi) is 5.46. The summed E-state index contributed by atoms with van der Waals surface area (Å²) in [5.74, 6) is -2.84. The van der Waals surface area contributed by atoms with Gasteiger partial charge in [0, 0.05) is 25.0 Å². The van der Waals surface area contributed by atoms with Gasteiger partial charge in [-0.1, -0.05) is 6.07 Å². The van der Waals surface area contributed by atoms with E-state index in [-0.39, 0.29) is 23.6 Å². The first-order valence-corrected chi connectivity index (χ1v) is 7.93. The number of benzene rings is 1. The lowest BCUT2D eigenvalue weighted by molar-refractivity contribution is 0.0945. The fourth-order valence-corrected chi connectivity index (χ4v) is 2.24. The maximum atomic E-state index is 13.7. The molecule has 27 heavy (non-hydrogen) atoms. The second-order valence-corrected chi connectivity index (χ2v) is 5.52. The van der Waals surface area contributed by atoms with Gasteiger partial charge in [0.1, 0.15) is 23.0 Å². The second-order valence-electron chi connectivity index (χ2n) is 5.52. The highest BCUT2D eigenvalue weighted by atomic mass is 19.1. The van der Waals surface area contributed by atoms with E-state index in [9.17, 15) is 18.4 Å². The Labute approximate surface area is 153 Å². The number of rotatable bonds is 5. The molecule has 6 nitrogen and oxygen atoms in total. The number of carbonyl (C=O) groups excluding carboxylic acids is 2. The fourth-order valence-electron chi connectivity index (χ4n) is 2.24. The number of carbonyl (C=O) groups is 2. The zero-order valence-electron chi connectivity index (χ0n) is 13.9. The molecule has 3 rings (SSSR count). The highest BCUT2D eigenvalue weighted by molar-refractivity contribution is 6.03. The quantitative estimate of drug-likeness (QED) is 0.725. The summed E-state index contributed by atoms with van der Waals surface area (Å²) < 4.78 is 26.6. The topological polar surface area (TPSA) is 84.0 Å². The summed E-state index contributed by atoms with van der Waals surface area (Å²) in [6.07, 6.45) is 3.22. The van der Waals surface area contributed by atoms with Crippen molar-refractivity contribution in [3.05, 3.63) is 89.5 Å². The predicted octanol–water partition coefficient (Wildman–Crippen LogP) is 2.94. The molecule has 3 aromatic rings. The van der Waals surface area contributed by atoms with Gasteiger partial charge in [0.15, 0.2) is 0 Å². The summed E-state index contributed by atoms with van der Waals surface area (Å²) in [4.78, 5) is 32.3. The van der Waals surface area contributed by atoms with Crippen LogP contribution in [0.5, 0.6) is 0 Å². The van der Waals surface area contributed by atoms with Gasteiger partial charge in [-0.2, -0.15) is 0 Å². The molecule has 0 unspecified atom stereocenters. The van der Waals surface area contributed by atoms with E-state index >= 15 is 0 Å². The number of anilines is 1. The molecule has 0 atom stereocenters. The Morgan fingerprint density at radius 1 is 0.926 bits per heavy atom. The van der Waals surface area contributed by atoms with Gasteiger partial charge in [0.25, 0.3) is 11.8 Å². The van der Waals surface area contributed by atoms with E-state index < -0.39 is 23.4 Å². The monoisotopic (exact) mass is 368 g/mol. The first-order valence-electron chi connectivity index (χ1n) is 7.93. The number of hydrogen-bond acceptors (Lipinski definition) is 4. The van der Waals surface area contributed by atoms with E-state index in [0.717, 1.165) is 17.7 Å². The molecule has 8 heteroatoms. The van der Waals surface area contributed by atoms with E-state index in [1.165, 1.54) is 18.2 Å². The van der Waals surface area contributed by atoms with Crippen LogP contribution >= 0.6 is 0 Å². The van der Waals surface area contributed by atoms with Crippen LogP contribution < -0.4 is 10.6 Å². The molecule has 2 amide bonds. The summed E-state index contributed by atoms with van der Waals surface area (Å²) >= 11 is 0. The van der Waals surface area contributed by atoms with Crippen LogP contribution in [0.3, 0.4) is 0 Å². The molecule has 0 bridgehead atoms. The van der Waals surface area contributed by atoms with E-state index in [2.05, 4.69) is 20.6 Å². The van der Waals surface area contributed by atoms with Gasteiger partial charge in [-0.15, -0.1) is 0 Å². The Balaban J connectivity index is 1.68. The molecule has 0 saturated heterocycles. The van der Waals surface area contributed by atoms with Gasteiger partial charge in [-0.3, -0.25) is 14.6 Å². The number of nitrogens with one attached hydrogen (secondary N) is 2. The third-order valence-electron chi connectivity index (χ3n) is 3.60. The largest absolute Gasteiger partial charge is 0.347 e. The molecule has 0 spiro atoms. The van der Waals surface area contributed by atoms with Gasteiger partial charge in [0.05, 0.1) is 5.69 Å². The molecule has 2 aromatic heterocycles. The lowest BCUT2D eigenvalue weighted by Crippen LogP contribution is -2.25. The van der Waals surface area contributed by atoms with E-state index in [0.29, 0.717) is 6.07 Å². The summed E-state index contributed by atoms with van der Waals surface area (Å²) in [5.41, 5.74) is 0.640. The smallest absolute Gasteiger partial charge is 0.274 e. The highest BCUT2D eigenvalue weighted by Crippen LogP contribution is 2.16. The summed E-state index contributed by atoms with van der Waals surface area (Å²) in [6.45, 7) is 0.278. The molecular formula is C19H14F2N4O2. The minimum Gasteiger partial charge on any atom is -0.347 e. The molecular weight excluding hydrogens is 354 g/mol. The Hall–Kier alpha value is -3.68. The van der Waals surface area contributed by atoms with Crippen molar-refractivity contribution >= 4 is 17.5 Å². The third-order valence-corrected chi connectivity index (χ3v) is 3.60. The van der Waals surface area contributed by atoms with Crippen molar-refractivity contribution in [2.75, 3.05) is 5.32 Å². The number of nitrogens with zero attached hydrogens (tertiary/aromatic N) is 2. The number of amides is 2. The third kappa shape index (κ3) is 4.69. The Morgan fingerprint density at radius 3 is 2.33 bits per heavy atom. The van der Waals surface area contributed by atoms with Crippen LogP contribution in [0.25, 0.3) is 0 Å². The van der Waals surface area contributed by atoms with Crippen molar-refractivity contribution in [3.8, 4) is 0 Å². The lowest BCUT2D eigenvalue weighted by Gasteiger charge is -2.08. The molecule has 2 N–H and O–H groups in total. The molecule has 0 saturated carbocycles. The minimum atomic E-state index is -0.908. The van der Waals surface area contributed by atoms with Crippen molar-refractivity contribution in [1.82, 2.24) is 15.3 Å². The van der Waals surface area contributed by atoms with Crippen LogP contribution in [-0.2, 0) is 6.54 Å². The molecule has 0 radical (unpaired) electrons. The fraction of sp³-hybridized carbons (Fsp3) is 0.0526. The van der Waals surface area contributed by atoms with Crippen molar-refractivity contribution in [1.29, 1.82) is 0 Å². The molecule has 0 fully saturated rings. The molecule has 2 heterocycles. The Morgan fingerprint density at radius 2 is 1.63 bits per heavy atom. The van der Waals surface area contributed by atoms with Crippen LogP contribution in [0.15, 0.2) is 60.9 Å². The standard InChI is InChI=1S/C19H14F2N4O2/c20-13-4-5-15(14(21)10-13)25-19(27)17-3-1-2-16(24-17)18(26)23-11-12-6-8-22-9-7-12/h1-10H,11H2,(H,23,26)(H,25,27). The average molecular weight is 368 g/mol. The van der Waals surface area contributed by atoms with Gasteiger partial charge in [-0.25, -0.2) is 13.8 Å². The highest BCUT2D eigenvalue weighted by Gasteiger charge is 2.14. The maximum Gasteiger partial charge on any atom is 0.274 e. The van der Waals surface area contributed by atoms with Crippen molar-refractivity contribution in [2.24, 2.45) is 0 Å². The normalized spacial score (nSPS) is 10.3. The minimum absolute atomic E-state index is 0.0382. The van der Waals surface area contributed by atoms with Gasteiger partial charge < -0.3 is 10.6 Å². The summed E-state index contributed by atoms with van der Waals surface area (Å²) in [7, 11) is 0. The average Bonchev–Trinajstić information content (AvgIpc) is 2.69. The SMILES string of the molecule is O=C(NCc1ccncc1)c1cccc(C(=O)Nc2ccc(F)cc2F)n1. The Bertz CT molecular complexity index is 980. The predicted molar refractivity (Wildman–Crippen MR) is 94.0 cm³/mol. The van der Waals surface area contributed by atoms with Crippen LogP contribution in [0.1, 0.15) is 26.5 Å². The first kappa shape index (κ1) is 18.1. The molecule has 136 valence electrons. The van der Waals surface area contributed by atoms with Crippen molar-refractivity contribution in [3.63, 3.8) is 0 Å². The van der Waals surface area contributed by atoms with Crippen LogP contribution in [0, 0.1) is 11.6 Å². The number of aromatic nitrogens is 2. The zero-order chi connectivity index (χ0) is 19.2. The zero-order valence-corrected chi connectivity index (χ0v) is 13.9. The molecule has 0 aliphatic heterocycles. The second kappa shape index (κ2) is 8.13. The molecule has 0 aliphatic carbocycles. The van der Waals surface area contributed by atoms with Gasteiger partial charge in [0.2, 0.25) is 0 Å². The number of halogens is 2. The summed E-state index contributed by atoms with van der Waals surface area (Å²) in [5, 5.41) is 4.98.